The van der Waals surface area contributed by atoms with E-state index >= 15 is 0 Å². The predicted molar refractivity (Wildman–Crippen MR) is 438 cm³/mol. The van der Waals surface area contributed by atoms with Crippen molar-refractivity contribution in [2.75, 3.05) is 96.4 Å². The molecule has 1 aliphatic rings. The summed E-state index contributed by atoms with van der Waals surface area (Å²) in [6.07, 6.45) is 9.22. The molecule has 2 N–H and O–H groups in total. The number of carbonyl (C=O) groups excluding carboxylic acids is 3. The van der Waals surface area contributed by atoms with Crippen molar-refractivity contribution >= 4 is 77.9 Å². The average Bonchev–Trinajstić information content (AvgIpc) is 1.63. The summed E-state index contributed by atoms with van der Waals surface area (Å²) in [6, 6.07) is 61.4. The van der Waals surface area contributed by atoms with E-state index < -0.39 is 0 Å². The molecule has 7 aromatic carbocycles. The molecule has 1 saturated heterocycles. The summed E-state index contributed by atoms with van der Waals surface area (Å²) in [7, 11) is 12.6. The normalized spacial score (nSPS) is 11.7. The Morgan fingerprint density at radius 1 is 0.395 bits per heavy atom. The van der Waals surface area contributed by atoms with E-state index in [9.17, 15) is 14.4 Å². The van der Waals surface area contributed by atoms with Gasteiger partial charge in [0.15, 0.2) is 22.6 Å². The highest BCUT2D eigenvalue weighted by Gasteiger charge is 2.24. The number of likely N-dealkylation sites (tertiary alicyclic amines) is 1. The van der Waals surface area contributed by atoms with Gasteiger partial charge in [0, 0.05) is 123 Å². The highest BCUT2D eigenvalue weighted by molar-refractivity contribution is 9.10. The lowest BCUT2D eigenvalue weighted by atomic mass is 10.0. The predicted octanol–water partition coefficient (Wildman–Crippen LogP) is 16.3. The fraction of sp³-hybridized carbons (Fsp3) is 0.207. The van der Waals surface area contributed by atoms with Crippen molar-refractivity contribution in [3.05, 3.63) is 240 Å². The highest BCUT2D eigenvalue weighted by Crippen LogP contribution is 2.40. The van der Waals surface area contributed by atoms with Crippen LogP contribution in [0.1, 0.15) is 43.9 Å². The summed E-state index contributed by atoms with van der Waals surface area (Å²) in [6.45, 7) is 4.20. The molecule has 0 atom stereocenters. The molecule has 580 valence electrons. The number of fused-ring (bicyclic) bond motifs is 4. The summed E-state index contributed by atoms with van der Waals surface area (Å²) < 4.78 is 57.4. The van der Waals surface area contributed by atoms with Crippen molar-refractivity contribution in [1.82, 2.24) is 64.8 Å². The SMILES string of the molecule is COC(=O)c1cccc(-c2cnc3n[nH]c(-c4ccccc4OC)c3c2)c1.COCCOCn1nc(-c2ccccc2OC)c2cc(-c3cccc(C(=O)OC)c3)cnc21.COCCOCn1nc(-c2ccccc2OC)c2cc(Br)cnc21.COc1ccccc1-c1[nH]nc2ncc(-c3cccc(C(=O)N4CCCC4)c3)cc12. The van der Waals surface area contributed by atoms with Crippen molar-refractivity contribution in [2.45, 2.75) is 26.3 Å². The Morgan fingerprint density at radius 3 is 1.20 bits per heavy atom. The quantitative estimate of drug-likeness (QED) is 0.0420. The van der Waals surface area contributed by atoms with Gasteiger partial charge in [-0.15, -0.1) is 0 Å². The Bertz CT molecular complexity index is 5880. The Hall–Kier alpha value is -13.1. The maximum Gasteiger partial charge on any atom is 0.337 e. The molecule has 16 rings (SSSR count). The number of carbonyl (C=O) groups is 3. The number of hydrogen-bond donors (Lipinski definition) is 2. The first-order valence-corrected chi connectivity index (χ1v) is 37.2. The average molecular weight is 1600 g/mol. The van der Waals surface area contributed by atoms with Crippen LogP contribution in [-0.4, -0.2) is 179 Å². The molecule has 114 heavy (non-hydrogen) atoms. The number of hydrogen-bond acceptors (Lipinski definition) is 21. The Balaban J connectivity index is 0.000000133. The zero-order chi connectivity index (χ0) is 79.5. The number of halogens is 1. The van der Waals surface area contributed by atoms with Gasteiger partial charge in [0.1, 0.15) is 47.8 Å². The number of ether oxygens (including phenoxy) is 10. The maximum atomic E-state index is 12.8. The van der Waals surface area contributed by atoms with Gasteiger partial charge in [-0.3, -0.25) is 15.0 Å². The van der Waals surface area contributed by atoms with Gasteiger partial charge in [-0.1, -0.05) is 84.9 Å². The van der Waals surface area contributed by atoms with Crippen LogP contribution in [0.2, 0.25) is 0 Å². The molecule has 0 aliphatic carbocycles. The summed E-state index contributed by atoms with van der Waals surface area (Å²) in [4.78, 5) is 56.7. The van der Waals surface area contributed by atoms with Gasteiger partial charge >= 0.3 is 11.9 Å². The van der Waals surface area contributed by atoms with E-state index in [1.165, 1.54) is 14.2 Å². The van der Waals surface area contributed by atoms with Gasteiger partial charge in [0.25, 0.3) is 5.91 Å². The molecule has 0 unspecified atom stereocenters. The van der Waals surface area contributed by atoms with E-state index in [0.29, 0.717) is 72.5 Å². The molecule has 27 heteroatoms. The number of aromatic nitrogens is 12. The molecule has 0 saturated carbocycles. The summed E-state index contributed by atoms with van der Waals surface area (Å²) in [5.74, 6) is 2.34. The van der Waals surface area contributed by atoms with Crippen molar-refractivity contribution in [2.24, 2.45) is 0 Å². The number of esters is 2. The minimum Gasteiger partial charge on any atom is -0.496 e. The zero-order valence-corrected chi connectivity index (χ0v) is 65.5. The molecular formula is C87H82BrN13O13. The third kappa shape index (κ3) is 18.0. The zero-order valence-electron chi connectivity index (χ0n) is 64.0. The summed E-state index contributed by atoms with van der Waals surface area (Å²) >= 11 is 3.48. The largest absolute Gasteiger partial charge is 0.496 e. The van der Waals surface area contributed by atoms with Gasteiger partial charge in [0.05, 0.1) is 91.6 Å². The number of aromatic amines is 2. The lowest BCUT2D eigenvalue weighted by molar-refractivity contribution is 0.0306. The van der Waals surface area contributed by atoms with Gasteiger partial charge < -0.3 is 52.3 Å². The Kier molecular flexibility index (Phi) is 26.2. The van der Waals surface area contributed by atoms with E-state index in [1.807, 2.05) is 169 Å². The van der Waals surface area contributed by atoms with Crippen molar-refractivity contribution in [3.63, 3.8) is 0 Å². The fourth-order valence-corrected chi connectivity index (χ4v) is 13.5. The van der Waals surface area contributed by atoms with Crippen LogP contribution in [0.3, 0.4) is 0 Å². The monoisotopic (exact) mass is 1600 g/mol. The molecule has 1 fully saturated rings. The van der Waals surface area contributed by atoms with E-state index in [4.69, 9.17) is 57.6 Å². The lowest BCUT2D eigenvalue weighted by Gasteiger charge is -2.15. The second kappa shape index (κ2) is 37.8. The standard InChI is InChI=1S/C25H25N3O5.C24H22N4O2.C21H17N3O3.C17H18BrN3O3/c1-30-11-12-33-16-28-24-21(23(27-28)20-9-4-5-10-22(20)31-2)14-19(15-26-24)17-7-6-8-18(13-17)25(29)32-3;1-30-21-10-3-2-9-19(21)22-20-14-18(15-25-23(20)27-26-22)16-7-6-8-17(13-16)24(29)28-11-4-5-12-28;1-26-18-9-4-3-8-16(18)19-17-11-15(12-22-20(17)24-23-19)13-6-5-7-14(10-13)21(25)27-2;1-22-7-8-24-11-21-17-14(9-12(18)10-19-17)16(20-21)13-5-3-4-6-15(13)23-2/h4-10,13-15H,11-12,16H2,1-3H3;2-3,6-10,13-15H,4-5,11-12H2,1H3,(H,25,26,27);3-12H,1-2H3,(H,22,23,24);3-6,9-10H,7-8,11H2,1-2H3. The van der Waals surface area contributed by atoms with Gasteiger partial charge in [-0.25, -0.2) is 38.9 Å². The first-order valence-electron chi connectivity index (χ1n) is 36.4. The molecule has 0 spiro atoms. The number of methoxy groups -OCH3 is 8. The number of rotatable bonds is 24. The third-order valence-electron chi connectivity index (χ3n) is 18.8. The smallest absolute Gasteiger partial charge is 0.337 e. The number of pyridine rings is 4. The number of para-hydroxylation sites is 4. The number of benzene rings is 7. The minimum atomic E-state index is -0.387. The van der Waals surface area contributed by atoms with Crippen molar-refractivity contribution in [3.8, 4) is 101 Å². The molecular weight excluding hydrogens is 1510 g/mol. The lowest BCUT2D eigenvalue weighted by Crippen LogP contribution is -2.27. The second-order valence-corrected chi connectivity index (χ2v) is 26.7. The minimum absolute atomic E-state index is 0.0985. The Morgan fingerprint density at radius 2 is 0.772 bits per heavy atom. The van der Waals surface area contributed by atoms with Crippen LogP contribution in [-0.2, 0) is 41.9 Å². The topological polar surface area (TPSA) is 291 Å². The third-order valence-corrected chi connectivity index (χ3v) is 19.2. The maximum absolute atomic E-state index is 12.8. The molecule has 26 nitrogen and oxygen atoms in total. The molecule has 9 heterocycles. The highest BCUT2D eigenvalue weighted by atomic mass is 79.9. The fourth-order valence-electron chi connectivity index (χ4n) is 13.1. The van der Waals surface area contributed by atoms with Crippen LogP contribution in [0.25, 0.3) is 123 Å². The summed E-state index contributed by atoms with van der Waals surface area (Å²) in [5, 5.41) is 27.9. The van der Waals surface area contributed by atoms with Crippen LogP contribution in [0.15, 0.2) is 223 Å². The van der Waals surface area contributed by atoms with Gasteiger partial charge in [0.2, 0.25) is 0 Å². The number of nitrogens with one attached hydrogen (secondary N) is 2. The van der Waals surface area contributed by atoms with Crippen LogP contribution >= 0.6 is 15.9 Å². The Labute approximate surface area is 665 Å². The van der Waals surface area contributed by atoms with Gasteiger partial charge in [-0.05, 0) is 155 Å². The molecule has 1 amide bonds. The molecule has 0 bridgehead atoms. The number of amides is 1. The van der Waals surface area contributed by atoms with E-state index in [1.54, 1.807) is 101 Å². The molecule has 15 aromatic rings. The first-order chi connectivity index (χ1) is 55.8. The molecule has 8 aromatic heterocycles. The van der Waals surface area contributed by atoms with Gasteiger partial charge in [-0.2, -0.15) is 20.4 Å². The number of H-pyrrole nitrogens is 2. The van der Waals surface area contributed by atoms with E-state index in [0.717, 1.165) is 153 Å². The van der Waals surface area contributed by atoms with E-state index in [-0.39, 0.29) is 24.6 Å². The second-order valence-electron chi connectivity index (χ2n) is 25.8. The van der Waals surface area contributed by atoms with Crippen molar-refractivity contribution in [1.29, 1.82) is 0 Å². The molecule has 0 radical (unpaired) electrons. The van der Waals surface area contributed by atoms with Crippen molar-refractivity contribution < 1.29 is 61.8 Å². The van der Waals surface area contributed by atoms with Crippen LogP contribution in [0.4, 0.5) is 0 Å². The van der Waals surface area contributed by atoms with Crippen LogP contribution < -0.4 is 18.9 Å². The van der Waals surface area contributed by atoms with Crippen LogP contribution in [0.5, 0.6) is 23.0 Å². The molecule has 1 aliphatic heterocycles. The first kappa shape index (κ1) is 79.0. The van der Waals surface area contributed by atoms with E-state index in [2.05, 4.69) is 62.3 Å². The summed E-state index contributed by atoms with van der Waals surface area (Å²) in [5.41, 5.74) is 16.6. The van der Waals surface area contributed by atoms with Crippen LogP contribution in [0, 0.1) is 0 Å². The number of nitrogens with zero attached hydrogens (tertiary/aromatic N) is 11.